The van der Waals surface area contributed by atoms with Gasteiger partial charge >= 0.3 is 0 Å². The average molecular weight is 292 g/mol. The summed E-state index contributed by atoms with van der Waals surface area (Å²) in [6, 6.07) is 16.4. The van der Waals surface area contributed by atoms with Crippen molar-refractivity contribution in [1.29, 1.82) is 0 Å². The van der Waals surface area contributed by atoms with Crippen molar-refractivity contribution in [2.24, 2.45) is 15.3 Å². The van der Waals surface area contributed by atoms with Crippen LogP contribution >= 0.6 is 0 Å². The van der Waals surface area contributed by atoms with Crippen LogP contribution in [-0.4, -0.2) is 17.7 Å². The van der Waals surface area contributed by atoms with Gasteiger partial charge in [-0.3, -0.25) is 4.79 Å². The molecule has 0 spiro atoms. The van der Waals surface area contributed by atoms with E-state index in [1.807, 2.05) is 61.5 Å². The number of carbonyl (C=O) groups excluding carboxylic acids is 1. The molecule has 1 aliphatic rings. The van der Waals surface area contributed by atoms with Gasteiger partial charge in [0.25, 0.3) is 5.91 Å². The number of carbonyl (C=O) groups is 1. The number of hydrazone groups is 1. The molecular formula is C17H16N4O. The number of hydrogen-bond acceptors (Lipinski definition) is 4. The highest BCUT2D eigenvalue weighted by atomic mass is 16.2. The van der Waals surface area contributed by atoms with E-state index in [2.05, 4.69) is 15.3 Å². The zero-order valence-corrected chi connectivity index (χ0v) is 12.5. The van der Waals surface area contributed by atoms with Crippen molar-refractivity contribution in [2.45, 2.75) is 19.9 Å². The summed E-state index contributed by atoms with van der Waals surface area (Å²) >= 11 is 0. The first kappa shape index (κ1) is 14.1. The molecule has 0 aromatic heterocycles. The number of anilines is 1. The molecule has 1 heterocycles. The molecule has 5 heteroatoms. The van der Waals surface area contributed by atoms with Gasteiger partial charge in [0, 0.05) is 0 Å². The van der Waals surface area contributed by atoms with Crippen molar-refractivity contribution in [3.63, 3.8) is 0 Å². The molecule has 2 aromatic carbocycles. The highest BCUT2D eigenvalue weighted by Crippen LogP contribution is 2.23. The minimum atomic E-state index is -0.652. The normalized spacial score (nSPS) is 18.1. The molecule has 3 rings (SSSR count). The molecule has 1 amide bonds. The van der Waals surface area contributed by atoms with E-state index in [9.17, 15) is 4.79 Å². The first-order chi connectivity index (χ1) is 10.6. The van der Waals surface area contributed by atoms with Crippen LogP contribution in [0.2, 0.25) is 0 Å². The number of para-hydroxylation sites is 1. The molecule has 1 aliphatic heterocycles. The standard InChI is InChI=1S/C17H16N4O/c1-12-7-6-8-14(11-12)18-19-16-13(2)20-21(17(16)22)15-9-4-3-5-10-15/h3-11,16H,1-2H3/b19-18+. The molecule has 5 nitrogen and oxygen atoms in total. The fraction of sp³-hybridized carbons (Fsp3) is 0.176. The number of azo groups is 1. The third-order valence-corrected chi connectivity index (χ3v) is 3.39. The second-order valence-corrected chi connectivity index (χ2v) is 5.18. The van der Waals surface area contributed by atoms with Gasteiger partial charge in [-0.25, -0.2) is 0 Å². The van der Waals surface area contributed by atoms with Gasteiger partial charge in [0.15, 0.2) is 6.04 Å². The lowest BCUT2D eigenvalue weighted by Gasteiger charge is -2.11. The highest BCUT2D eigenvalue weighted by molar-refractivity contribution is 6.18. The lowest BCUT2D eigenvalue weighted by Crippen LogP contribution is -2.29. The largest absolute Gasteiger partial charge is 0.280 e. The first-order valence-corrected chi connectivity index (χ1v) is 7.07. The fourth-order valence-corrected chi connectivity index (χ4v) is 2.26. The molecule has 0 saturated carbocycles. The maximum absolute atomic E-state index is 12.5. The van der Waals surface area contributed by atoms with Crippen LogP contribution in [0.5, 0.6) is 0 Å². The topological polar surface area (TPSA) is 57.4 Å². The summed E-state index contributed by atoms with van der Waals surface area (Å²) in [6.45, 7) is 3.78. The number of hydrogen-bond donors (Lipinski definition) is 0. The molecule has 1 atom stereocenters. The van der Waals surface area contributed by atoms with E-state index >= 15 is 0 Å². The summed E-state index contributed by atoms with van der Waals surface area (Å²) < 4.78 is 0. The quantitative estimate of drug-likeness (QED) is 0.792. The Morgan fingerprint density at radius 3 is 2.55 bits per heavy atom. The number of rotatable bonds is 3. The zero-order chi connectivity index (χ0) is 15.5. The Labute approximate surface area is 129 Å². The SMILES string of the molecule is CC1=NN(c2ccccc2)C(=O)C1/N=N/c1cccc(C)c1. The summed E-state index contributed by atoms with van der Waals surface area (Å²) in [5.74, 6) is -0.180. The molecule has 0 aliphatic carbocycles. The van der Waals surface area contributed by atoms with E-state index in [4.69, 9.17) is 0 Å². The molecule has 0 radical (unpaired) electrons. The Morgan fingerprint density at radius 2 is 1.82 bits per heavy atom. The van der Waals surface area contributed by atoms with Crippen molar-refractivity contribution in [3.8, 4) is 0 Å². The number of aryl methyl sites for hydroxylation is 1. The monoisotopic (exact) mass is 292 g/mol. The summed E-state index contributed by atoms with van der Waals surface area (Å²) in [6.07, 6.45) is 0. The Morgan fingerprint density at radius 1 is 1.05 bits per heavy atom. The van der Waals surface area contributed by atoms with Crippen LogP contribution in [-0.2, 0) is 4.79 Å². The molecule has 0 saturated heterocycles. The number of benzene rings is 2. The van der Waals surface area contributed by atoms with Crippen LogP contribution in [0, 0.1) is 6.92 Å². The van der Waals surface area contributed by atoms with E-state index in [0.717, 1.165) is 16.9 Å². The van der Waals surface area contributed by atoms with Crippen molar-refractivity contribution in [2.75, 3.05) is 5.01 Å². The van der Waals surface area contributed by atoms with Gasteiger partial charge in [0.2, 0.25) is 0 Å². The fourth-order valence-electron chi connectivity index (χ4n) is 2.26. The van der Waals surface area contributed by atoms with Gasteiger partial charge in [-0.2, -0.15) is 20.3 Å². The van der Waals surface area contributed by atoms with E-state index in [-0.39, 0.29) is 5.91 Å². The Balaban J connectivity index is 1.82. The smallest absolute Gasteiger partial charge is 0.269 e. The molecule has 22 heavy (non-hydrogen) atoms. The lowest BCUT2D eigenvalue weighted by atomic mass is 10.2. The third kappa shape index (κ3) is 2.79. The van der Waals surface area contributed by atoms with E-state index in [1.165, 1.54) is 5.01 Å². The van der Waals surface area contributed by atoms with Gasteiger partial charge in [-0.05, 0) is 43.7 Å². The Hall–Kier alpha value is -2.82. The summed E-state index contributed by atoms with van der Waals surface area (Å²) in [7, 11) is 0. The van der Waals surface area contributed by atoms with Crippen LogP contribution in [0.4, 0.5) is 11.4 Å². The third-order valence-electron chi connectivity index (χ3n) is 3.39. The van der Waals surface area contributed by atoms with Gasteiger partial charge in [-0.1, -0.05) is 30.3 Å². The number of nitrogens with zero attached hydrogens (tertiary/aromatic N) is 4. The number of amides is 1. The van der Waals surface area contributed by atoms with Crippen molar-refractivity contribution in [1.82, 2.24) is 0 Å². The molecule has 0 bridgehead atoms. The van der Waals surface area contributed by atoms with Gasteiger partial charge in [0.05, 0.1) is 17.1 Å². The highest BCUT2D eigenvalue weighted by Gasteiger charge is 2.34. The van der Waals surface area contributed by atoms with Crippen LogP contribution in [0.1, 0.15) is 12.5 Å². The van der Waals surface area contributed by atoms with Gasteiger partial charge < -0.3 is 0 Å². The molecule has 2 aromatic rings. The predicted octanol–water partition coefficient (Wildman–Crippen LogP) is 3.87. The Bertz CT molecular complexity index is 752. The average Bonchev–Trinajstić information content (AvgIpc) is 2.81. The van der Waals surface area contributed by atoms with Crippen molar-refractivity contribution < 1.29 is 4.79 Å². The second-order valence-electron chi connectivity index (χ2n) is 5.18. The van der Waals surface area contributed by atoms with Crippen LogP contribution in [0.3, 0.4) is 0 Å². The van der Waals surface area contributed by atoms with Crippen LogP contribution in [0.15, 0.2) is 69.9 Å². The maximum Gasteiger partial charge on any atom is 0.280 e. The first-order valence-electron chi connectivity index (χ1n) is 7.07. The van der Waals surface area contributed by atoms with Crippen LogP contribution in [0.25, 0.3) is 0 Å². The summed E-state index contributed by atoms with van der Waals surface area (Å²) in [5, 5.41) is 14.0. The minimum Gasteiger partial charge on any atom is -0.269 e. The van der Waals surface area contributed by atoms with Gasteiger partial charge in [-0.15, -0.1) is 0 Å². The molecule has 0 fully saturated rings. The van der Waals surface area contributed by atoms with Crippen molar-refractivity contribution >= 4 is 23.0 Å². The molecule has 0 N–H and O–H groups in total. The van der Waals surface area contributed by atoms with Crippen LogP contribution < -0.4 is 5.01 Å². The maximum atomic E-state index is 12.5. The molecular weight excluding hydrogens is 276 g/mol. The lowest BCUT2D eigenvalue weighted by molar-refractivity contribution is -0.117. The molecule has 1 unspecified atom stereocenters. The predicted molar refractivity (Wildman–Crippen MR) is 86.5 cm³/mol. The van der Waals surface area contributed by atoms with E-state index in [0.29, 0.717) is 5.71 Å². The zero-order valence-electron chi connectivity index (χ0n) is 12.5. The Kier molecular flexibility index (Phi) is 3.78. The summed E-state index contributed by atoms with van der Waals surface area (Å²) in [4.78, 5) is 12.5. The van der Waals surface area contributed by atoms with Crippen molar-refractivity contribution in [3.05, 3.63) is 60.2 Å². The van der Waals surface area contributed by atoms with E-state index < -0.39 is 6.04 Å². The second kappa shape index (κ2) is 5.89. The van der Waals surface area contributed by atoms with E-state index in [1.54, 1.807) is 6.92 Å². The summed E-state index contributed by atoms with van der Waals surface area (Å²) in [5.41, 5.74) is 3.22. The molecule has 110 valence electrons. The van der Waals surface area contributed by atoms with Gasteiger partial charge in [0.1, 0.15) is 0 Å². The minimum absolute atomic E-state index is 0.180.